The van der Waals surface area contributed by atoms with Gasteiger partial charge in [-0.25, -0.2) is 0 Å². The van der Waals surface area contributed by atoms with Gasteiger partial charge in [0.25, 0.3) is 0 Å². The van der Waals surface area contributed by atoms with Crippen LogP contribution in [0.25, 0.3) is 0 Å². The highest BCUT2D eigenvalue weighted by atomic mass is 16.3. The minimum atomic E-state index is -0.662. The summed E-state index contributed by atoms with van der Waals surface area (Å²) in [5, 5.41) is 17.3. The first-order valence-electron chi connectivity index (χ1n) is 9.87. The van der Waals surface area contributed by atoms with E-state index in [0.717, 1.165) is 57.9 Å². The first kappa shape index (κ1) is 20.0. The van der Waals surface area contributed by atoms with Gasteiger partial charge in [-0.2, -0.15) is 0 Å². The van der Waals surface area contributed by atoms with Crippen molar-refractivity contribution in [2.45, 2.75) is 70.3 Å². The van der Waals surface area contributed by atoms with Crippen LogP contribution in [0.4, 0.5) is 0 Å². The molecule has 0 aromatic carbocycles. The lowest BCUT2D eigenvalue weighted by atomic mass is 9.84. The highest BCUT2D eigenvalue weighted by Gasteiger charge is 2.42. The Hall–Kier alpha value is -1.30. The molecular formula is C19H36N4O2. The molecule has 0 radical (unpaired) electrons. The molecule has 0 aromatic heterocycles. The van der Waals surface area contributed by atoms with Crippen molar-refractivity contribution >= 4 is 11.9 Å². The molecule has 144 valence electrons. The van der Waals surface area contributed by atoms with E-state index in [1.807, 2.05) is 21.0 Å². The average molecular weight is 353 g/mol. The maximum Gasteiger partial charge on any atom is 0.230 e. The number of carbonyl (C=O) groups excluding carboxylic acids is 1. The fraction of sp³-hybridized carbons (Fsp3) is 0.895. The van der Waals surface area contributed by atoms with Crippen LogP contribution in [-0.2, 0) is 4.79 Å². The Morgan fingerprint density at radius 1 is 1.04 bits per heavy atom. The Bertz CT molecular complexity index is 464. The number of hydrogen-bond acceptors (Lipinski definition) is 3. The molecule has 0 unspecified atom stereocenters. The number of hydrogen-bond donors (Lipinski definition) is 3. The molecule has 0 aromatic rings. The minimum Gasteiger partial charge on any atom is -0.388 e. The molecule has 0 spiro atoms. The fourth-order valence-electron chi connectivity index (χ4n) is 4.18. The Morgan fingerprint density at radius 2 is 1.64 bits per heavy atom. The molecule has 0 aliphatic heterocycles. The summed E-state index contributed by atoms with van der Waals surface area (Å²) in [6.07, 6.45) is 9.11. The molecule has 2 aliphatic rings. The topological polar surface area (TPSA) is 77.0 Å². The van der Waals surface area contributed by atoms with Crippen molar-refractivity contribution in [1.29, 1.82) is 0 Å². The van der Waals surface area contributed by atoms with Crippen LogP contribution >= 0.6 is 0 Å². The minimum absolute atomic E-state index is 0.208. The number of nitrogens with zero attached hydrogens (tertiary/aromatic N) is 2. The molecule has 0 atom stereocenters. The summed E-state index contributed by atoms with van der Waals surface area (Å²) >= 11 is 0. The molecule has 2 fully saturated rings. The lowest BCUT2D eigenvalue weighted by molar-refractivity contribution is -0.138. The summed E-state index contributed by atoms with van der Waals surface area (Å²) in [5.74, 6) is 0.915. The van der Waals surface area contributed by atoms with Gasteiger partial charge < -0.3 is 20.6 Å². The van der Waals surface area contributed by atoms with E-state index in [0.29, 0.717) is 19.0 Å². The maximum absolute atomic E-state index is 12.7. The molecule has 6 heteroatoms. The van der Waals surface area contributed by atoms with E-state index in [2.05, 4.69) is 15.6 Å². The predicted molar refractivity (Wildman–Crippen MR) is 102 cm³/mol. The second-order valence-electron chi connectivity index (χ2n) is 8.02. The Kier molecular flexibility index (Phi) is 7.11. The summed E-state index contributed by atoms with van der Waals surface area (Å²) < 4.78 is 0. The first-order chi connectivity index (χ1) is 11.9. The summed E-state index contributed by atoms with van der Waals surface area (Å²) in [5.41, 5.74) is -0.980. The zero-order valence-corrected chi connectivity index (χ0v) is 16.2. The zero-order chi connectivity index (χ0) is 18.3. The van der Waals surface area contributed by atoms with Gasteiger partial charge in [0.1, 0.15) is 0 Å². The molecule has 0 saturated heterocycles. The third kappa shape index (κ3) is 5.33. The molecule has 1 amide bonds. The monoisotopic (exact) mass is 352 g/mol. The number of amides is 1. The van der Waals surface area contributed by atoms with Gasteiger partial charge in [-0.3, -0.25) is 9.79 Å². The van der Waals surface area contributed by atoms with Crippen LogP contribution in [-0.4, -0.2) is 61.2 Å². The van der Waals surface area contributed by atoms with Gasteiger partial charge in [-0.05, 0) is 32.6 Å². The predicted octanol–water partition coefficient (Wildman–Crippen LogP) is 1.89. The number of rotatable bonds is 6. The van der Waals surface area contributed by atoms with Crippen molar-refractivity contribution in [3.63, 3.8) is 0 Å². The van der Waals surface area contributed by atoms with Crippen molar-refractivity contribution in [3.05, 3.63) is 0 Å². The van der Waals surface area contributed by atoms with Crippen molar-refractivity contribution < 1.29 is 9.90 Å². The van der Waals surface area contributed by atoms with Gasteiger partial charge in [-0.15, -0.1) is 0 Å². The van der Waals surface area contributed by atoms with E-state index >= 15 is 0 Å². The first-order valence-corrected chi connectivity index (χ1v) is 9.87. The van der Waals surface area contributed by atoms with Crippen LogP contribution in [0.15, 0.2) is 4.99 Å². The second-order valence-corrected chi connectivity index (χ2v) is 8.02. The third-order valence-corrected chi connectivity index (χ3v) is 5.67. The van der Waals surface area contributed by atoms with Crippen LogP contribution in [0.1, 0.15) is 64.7 Å². The van der Waals surface area contributed by atoms with Crippen LogP contribution in [0.2, 0.25) is 0 Å². The number of carbonyl (C=O) groups is 1. The van der Waals surface area contributed by atoms with E-state index in [9.17, 15) is 9.90 Å². The maximum atomic E-state index is 12.7. The van der Waals surface area contributed by atoms with Crippen LogP contribution in [0.5, 0.6) is 0 Å². The van der Waals surface area contributed by atoms with Crippen LogP contribution < -0.4 is 10.6 Å². The molecule has 2 aliphatic carbocycles. The second kappa shape index (κ2) is 8.88. The lowest BCUT2D eigenvalue weighted by Crippen LogP contribution is -2.49. The molecule has 0 bridgehead atoms. The van der Waals surface area contributed by atoms with Crippen molar-refractivity contribution in [2.24, 2.45) is 10.4 Å². The van der Waals surface area contributed by atoms with Crippen molar-refractivity contribution in [1.82, 2.24) is 15.5 Å². The smallest absolute Gasteiger partial charge is 0.230 e. The standard InChI is InChI=1S/C19H36N4O2/c1-4-20-17(22-15-19(25)12-6-5-7-13-19)21-14-18(10-8-9-11-18)16(24)23(2)3/h25H,4-15H2,1-3H3,(H2,20,21,22). The molecule has 3 N–H and O–H groups in total. The summed E-state index contributed by atoms with van der Waals surface area (Å²) in [6, 6.07) is 0. The summed E-state index contributed by atoms with van der Waals surface area (Å²) in [7, 11) is 3.67. The van der Waals surface area contributed by atoms with Gasteiger partial charge in [0.15, 0.2) is 5.96 Å². The highest BCUT2D eigenvalue weighted by Crippen LogP contribution is 2.38. The van der Waals surface area contributed by atoms with Gasteiger partial charge >= 0.3 is 0 Å². The average Bonchev–Trinajstić information content (AvgIpc) is 3.07. The van der Waals surface area contributed by atoms with E-state index in [4.69, 9.17) is 0 Å². The van der Waals surface area contributed by atoms with Crippen LogP contribution in [0, 0.1) is 5.41 Å². The van der Waals surface area contributed by atoms with Gasteiger partial charge in [0, 0.05) is 27.2 Å². The Balaban J connectivity index is 1.99. The molecule has 0 heterocycles. The van der Waals surface area contributed by atoms with Gasteiger partial charge in [-0.1, -0.05) is 32.1 Å². The van der Waals surface area contributed by atoms with E-state index < -0.39 is 5.60 Å². The summed E-state index contributed by atoms with van der Waals surface area (Å²) in [6.45, 7) is 3.83. The summed E-state index contributed by atoms with van der Waals surface area (Å²) in [4.78, 5) is 19.0. The van der Waals surface area contributed by atoms with Crippen molar-refractivity contribution in [2.75, 3.05) is 33.7 Å². The number of aliphatic hydroxyl groups is 1. The normalized spacial score (nSPS) is 22.5. The molecular weight excluding hydrogens is 316 g/mol. The molecule has 2 saturated carbocycles. The number of nitrogens with one attached hydrogen (secondary N) is 2. The molecule has 25 heavy (non-hydrogen) atoms. The zero-order valence-electron chi connectivity index (χ0n) is 16.2. The van der Waals surface area contributed by atoms with E-state index in [1.165, 1.54) is 6.42 Å². The quantitative estimate of drug-likeness (QED) is 0.504. The van der Waals surface area contributed by atoms with Crippen molar-refractivity contribution in [3.8, 4) is 0 Å². The molecule has 6 nitrogen and oxygen atoms in total. The Labute approximate surface area is 152 Å². The highest BCUT2D eigenvalue weighted by molar-refractivity contribution is 5.85. The third-order valence-electron chi connectivity index (χ3n) is 5.67. The SMILES string of the molecule is CCNC(=NCC1(O)CCCCC1)NCC1(C(=O)N(C)C)CCCC1. The largest absolute Gasteiger partial charge is 0.388 e. The fourth-order valence-corrected chi connectivity index (χ4v) is 4.18. The number of guanidine groups is 1. The van der Waals surface area contributed by atoms with E-state index in [1.54, 1.807) is 4.90 Å². The van der Waals surface area contributed by atoms with Crippen LogP contribution in [0.3, 0.4) is 0 Å². The van der Waals surface area contributed by atoms with Gasteiger partial charge in [0.05, 0.1) is 17.6 Å². The van der Waals surface area contributed by atoms with Gasteiger partial charge in [0.2, 0.25) is 5.91 Å². The van der Waals surface area contributed by atoms with E-state index in [-0.39, 0.29) is 11.3 Å². The molecule has 2 rings (SSSR count). The lowest BCUT2D eigenvalue weighted by Gasteiger charge is -2.32. The number of aliphatic imine (C=N–C) groups is 1. The Morgan fingerprint density at radius 3 is 2.20 bits per heavy atom.